The molecule has 2 rings (SSSR count). The number of primary amides is 1. The molecule has 1 aliphatic rings. The number of hydrogen-bond acceptors (Lipinski definition) is 5. The molecule has 0 atom stereocenters. The second-order valence-corrected chi connectivity index (χ2v) is 4.04. The Morgan fingerprint density at radius 1 is 1.53 bits per heavy atom. The normalized spacial score (nSPS) is 16.5. The van der Waals surface area contributed by atoms with Crippen LogP contribution in [-0.4, -0.2) is 29.2 Å². The van der Waals surface area contributed by atoms with Crippen LogP contribution in [0.3, 0.4) is 0 Å². The molecule has 0 radical (unpaired) electrons. The van der Waals surface area contributed by atoms with Crippen molar-refractivity contribution in [1.29, 1.82) is 5.26 Å². The third-order valence-corrected chi connectivity index (χ3v) is 3.02. The van der Waals surface area contributed by atoms with E-state index in [1.165, 1.54) is 6.20 Å². The lowest BCUT2D eigenvalue weighted by Crippen LogP contribution is -2.39. The molecule has 0 unspecified atom stereocenters. The van der Waals surface area contributed by atoms with Crippen molar-refractivity contribution in [2.45, 2.75) is 12.8 Å². The molecule has 1 saturated heterocycles. The van der Waals surface area contributed by atoms with Crippen molar-refractivity contribution >= 4 is 11.7 Å². The van der Waals surface area contributed by atoms with Gasteiger partial charge in [0.05, 0.1) is 11.8 Å². The van der Waals surface area contributed by atoms with Crippen LogP contribution >= 0.6 is 0 Å². The quantitative estimate of drug-likeness (QED) is 0.775. The molecule has 17 heavy (non-hydrogen) atoms. The number of hydrogen-bond donors (Lipinski definition) is 1. The molecular formula is C11H13N5O. The highest BCUT2D eigenvalue weighted by molar-refractivity contribution is 5.77. The monoisotopic (exact) mass is 231 g/mol. The van der Waals surface area contributed by atoms with Gasteiger partial charge in [-0.3, -0.25) is 4.79 Å². The molecule has 1 fully saturated rings. The molecule has 1 aromatic rings. The van der Waals surface area contributed by atoms with Gasteiger partial charge in [-0.2, -0.15) is 10.4 Å². The van der Waals surface area contributed by atoms with E-state index in [1.807, 2.05) is 4.90 Å². The van der Waals surface area contributed by atoms with Crippen LogP contribution in [0, 0.1) is 17.2 Å². The van der Waals surface area contributed by atoms with Crippen LogP contribution in [0.4, 0.5) is 5.82 Å². The first-order valence-electron chi connectivity index (χ1n) is 5.48. The second-order valence-electron chi connectivity index (χ2n) is 4.04. The first-order valence-corrected chi connectivity index (χ1v) is 5.48. The summed E-state index contributed by atoms with van der Waals surface area (Å²) in [5, 5.41) is 16.7. The molecule has 6 heteroatoms. The summed E-state index contributed by atoms with van der Waals surface area (Å²) in [6, 6.07) is 3.73. The van der Waals surface area contributed by atoms with Gasteiger partial charge in [-0.15, -0.1) is 5.10 Å². The van der Waals surface area contributed by atoms with E-state index in [9.17, 15) is 4.79 Å². The third kappa shape index (κ3) is 2.33. The van der Waals surface area contributed by atoms with Crippen LogP contribution in [0.25, 0.3) is 0 Å². The van der Waals surface area contributed by atoms with Gasteiger partial charge in [-0.05, 0) is 18.9 Å². The van der Waals surface area contributed by atoms with E-state index in [0.717, 1.165) is 0 Å². The Balaban J connectivity index is 2.11. The van der Waals surface area contributed by atoms with Crippen molar-refractivity contribution in [3.05, 3.63) is 17.8 Å². The Bertz CT molecular complexity index is 459. The van der Waals surface area contributed by atoms with Crippen molar-refractivity contribution in [1.82, 2.24) is 10.2 Å². The molecule has 0 spiro atoms. The summed E-state index contributed by atoms with van der Waals surface area (Å²) in [6.07, 6.45) is 2.91. The lowest BCUT2D eigenvalue weighted by atomic mass is 9.96. The SMILES string of the molecule is N#Cc1ccnnc1N1CCC(C(N)=O)CC1. The Morgan fingerprint density at radius 2 is 2.24 bits per heavy atom. The van der Waals surface area contributed by atoms with E-state index >= 15 is 0 Å². The van der Waals surface area contributed by atoms with Crippen molar-refractivity contribution in [2.24, 2.45) is 11.7 Å². The Kier molecular flexibility index (Phi) is 3.19. The van der Waals surface area contributed by atoms with Crippen LogP contribution in [0.2, 0.25) is 0 Å². The van der Waals surface area contributed by atoms with Crippen LogP contribution < -0.4 is 10.6 Å². The molecule has 0 saturated carbocycles. The topological polar surface area (TPSA) is 95.9 Å². The number of nitrogens with two attached hydrogens (primary N) is 1. The zero-order valence-electron chi connectivity index (χ0n) is 9.33. The minimum Gasteiger partial charge on any atom is -0.369 e. The summed E-state index contributed by atoms with van der Waals surface area (Å²) < 4.78 is 0. The maximum atomic E-state index is 11.0. The first-order chi connectivity index (χ1) is 8.22. The summed E-state index contributed by atoms with van der Waals surface area (Å²) in [5.74, 6) is 0.288. The van der Waals surface area contributed by atoms with Gasteiger partial charge in [0.25, 0.3) is 0 Å². The van der Waals surface area contributed by atoms with Gasteiger partial charge in [0.2, 0.25) is 5.91 Å². The molecule has 0 aliphatic carbocycles. The van der Waals surface area contributed by atoms with E-state index in [4.69, 9.17) is 11.0 Å². The number of nitriles is 1. The molecule has 2 heterocycles. The second kappa shape index (κ2) is 4.78. The predicted molar refractivity (Wildman–Crippen MR) is 60.9 cm³/mol. The lowest BCUT2D eigenvalue weighted by molar-refractivity contribution is -0.122. The summed E-state index contributed by atoms with van der Waals surface area (Å²) in [6.45, 7) is 1.36. The molecule has 1 aromatic heterocycles. The molecule has 6 nitrogen and oxygen atoms in total. The molecule has 1 aliphatic heterocycles. The zero-order chi connectivity index (χ0) is 12.3. The van der Waals surface area contributed by atoms with E-state index in [1.54, 1.807) is 6.07 Å². The van der Waals surface area contributed by atoms with Crippen molar-refractivity contribution < 1.29 is 4.79 Å². The summed E-state index contributed by atoms with van der Waals surface area (Å²) in [7, 11) is 0. The van der Waals surface area contributed by atoms with Gasteiger partial charge in [-0.1, -0.05) is 0 Å². The fourth-order valence-electron chi connectivity index (χ4n) is 2.02. The number of aromatic nitrogens is 2. The van der Waals surface area contributed by atoms with Crippen molar-refractivity contribution in [2.75, 3.05) is 18.0 Å². The van der Waals surface area contributed by atoms with Gasteiger partial charge in [0.15, 0.2) is 5.82 Å². The Hall–Kier alpha value is -2.16. The number of nitrogens with zero attached hydrogens (tertiary/aromatic N) is 4. The Labute approximate surface area is 99.0 Å². The zero-order valence-corrected chi connectivity index (χ0v) is 9.33. The molecule has 88 valence electrons. The number of rotatable bonds is 2. The number of anilines is 1. The third-order valence-electron chi connectivity index (χ3n) is 3.02. The van der Waals surface area contributed by atoms with Gasteiger partial charge in [-0.25, -0.2) is 0 Å². The van der Waals surface area contributed by atoms with E-state index < -0.39 is 0 Å². The number of piperidine rings is 1. The van der Waals surface area contributed by atoms with Crippen molar-refractivity contribution in [3.8, 4) is 6.07 Å². The Morgan fingerprint density at radius 3 is 2.82 bits per heavy atom. The summed E-state index contributed by atoms with van der Waals surface area (Å²) in [4.78, 5) is 13.0. The number of amides is 1. The fraction of sp³-hybridized carbons (Fsp3) is 0.455. The summed E-state index contributed by atoms with van der Waals surface area (Å²) in [5.41, 5.74) is 5.78. The summed E-state index contributed by atoms with van der Waals surface area (Å²) >= 11 is 0. The predicted octanol–water partition coefficient (Wildman–Crippen LogP) is 0.0500. The average molecular weight is 231 g/mol. The largest absolute Gasteiger partial charge is 0.369 e. The van der Waals surface area contributed by atoms with Gasteiger partial charge in [0, 0.05) is 19.0 Å². The highest BCUT2D eigenvalue weighted by Crippen LogP contribution is 2.23. The molecule has 1 amide bonds. The average Bonchev–Trinajstić information content (AvgIpc) is 2.39. The number of carbonyl (C=O) groups is 1. The van der Waals surface area contributed by atoms with Gasteiger partial charge >= 0.3 is 0 Å². The maximum Gasteiger partial charge on any atom is 0.220 e. The van der Waals surface area contributed by atoms with Crippen molar-refractivity contribution in [3.63, 3.8) is 0 Å². The van der Waals surface area contributed by atoms with Gasteiger partial charge < -0.3 is 10.6 Å². The first kappa shape index (κ1) is 11.3. The maximum absolute atomic E-state index is 11.0. The van der Waals surface area contributed by atoms with Gasteiger partial charge in [0.1, 0.15) is 6.07 Å². The minimum atomic E-state index is -0.246. The van der Waals surface area contributed by atoms with Crippen LogP contribution in [0.5, 0.6) is 0 Å². The smallest absolute Gasteiger partial charge is 0.220 e. The fourth-order valence-corrected chi connectivity index (χ4v) is 2.02. The molecule has 0 bridgehead atoms. The molecule has 2 N–H and O–H groups in total. The van der Waals surface area contributed by atoms with E-state index in [-0.39, 0.29) is 11.8 Å². The minimum absolute atomic E-state index is 0.0616. The highest BCUT2D eigenvalue weighted by atomic mass is 16.1. The van der Waals surface area contributed by atoms with Crippen LogP contribution in [0.1, 0.15) is 18.4 Å². The van der Waals surface area contributed by atoms with Crippen LogP contribution in [-0.2, 0) is 4.79 Å². The highest BCUT2D eigenvalue weighted by Gasteiger charge is 2.25. The van der Waals surface area contributed by atoms with Crippen LogP contribution in [0.15, 0.2) is 12.3 Å². The number of carbonyl (C=O) groups excluding carboxylic acids is 1. The standard InChI is InChI=1S/C11H13N5O/c12-7-9-1-4-14-15-11(9)16-5-2-8(3-6-16)10(13)17/h1,4,8H,2-3,5-6H2,(H2,13,17). The van der Waals surface area contributed by atoms with E-state index in [2.05, 4.69) is 16.3 Å². The lowest BCUT2D eigenvalue weighted by Gasteiger charge is -2.31. The molecular weight excluding hydrogens is 218 g/mol. The van der Waals surface area contributed by atoms with E-state index in [0.29, 0.717) is 37.3 Å². The molecule has 0 aromatic carbocycles.